The van der Waals surface area contributed by atoms with E-state index in [2.05, 4.69) is 45.1 Å². The third kappa shape index (κ3) is 6.32. The summed E-state index contributed by atoms with van der Waals surface area (Å²) in [5.74, 6) is 2.00. The van der Waals surface area contributed by atoms with Crippen molar-refractivity contribution in [3.8, 4) is 0 Å². The van der Waals surface area contributed by atoms with Crippen LogP contribution in [0.4, 0.5) is 0 Å². The molecule has 0 amide bonds. The molecule has 3 N–H and O–H groups in total. The molecule has 3 saturated carbocycles. The van der Waals surface area contributed by atoms with Crippen molar-refractivity contribution in [1.29, 1.82) is 0 Å². The van der Waals surface area contributed by atoms with Gasteiger partial charge in [-0.05, 0) is 88.4 Å². The minimum Gasteiger partial charge on any atom is -0.393 e. The Morgan fingerprint density at radius 1 is 1.03 bits per heavy atom. The van der Waals surface area contributed by atoms with Crippen LogP contribution in [0.1, 0.15) is 86.0 Å². The lowest BCUT2D eigenvalue weighted by Crippen LogP contribution is -2.35. The summed E-state index contributed by atoms with van der Waals surface area (Å²) < 4.78 is 0. The summed E-state index contributed by atoms with van der Waals surface area (Å²) in [5.41, 5.74) is 2.43. The van der Waals surface area contributed by atoms with Crippen LogP contribution in [0.25, 0.3) is 0 Å². The van der Waals surface area contributed by atoms with E-state index in [-0.39, 0.29) is 15.8 Å². The molecule has 3 aliphatic rings. The minimum absolute atomic E-state index is 0. The van der Waals surface area contributed by atoms with Gasteiger partial charge in [0.2, 0.25) is 0 Å². The Bertz CT molecular complexity index is 677. The van der Waals surface area contributed by atoms with Crippen LogP contribution in [0, 0.1) is 29.1 Å². The Balaban J connectivity index is 0.00000341. The molecular formula is C27H47O3P. The van der Waals surface area contributed by atoms with Gasteiger partial charge in [0.15, 0.2) is 0 Å². The van der Waals surface area contributed by atoms with Gasteiger partial charge in [-0.3, -0.25) is 0 Å². The van der Waals surface area contributed by atoms with Crippen molar-refractivity contribution in [2.45, 2.75) is 104 Å². The monoisotopic (exact) mass is 450 g/mol. The third-order valence-electron chi connectivity index (χ3n) is 8.56. The van der Waals surface area contributed by atoms with Crippen molar-refractivity contribution in [2.75, 3.05) is 0 Å². The van der Waals surface area contributed by atoms with Gasteiger partial charge in [0.25, 0.3) is 0 Å². The first kappa shape index (κ1) is 26.8. The van der Waals surface area contributed by atoms with Crippen molar-refractivity contribution in [2.24, 2.45) is 29.1 Å². The van der Waals surface area contributed by atoms with Gasteiger partial charge in [-0.15, -0.1) is 0 Å². The van der Waals surface area contributed by atoms with Crippen molar-refractivity contribution >= 4 is 9.90 Å². The van der Waals surface area contributed by atoms with Crippen LogP contribution in [-0.2, 0) is 0 Å². The maximum absolute atomic E-state index is 10.2. The number of hydrogen-bond donors (Lipinski definition) is 3. The fourth-order valence-corrected chi connectivity index (χ4v) is 6.39. The van der Waals surface area contributed by atoms with Crippen molar-refractivity contribution < 1.29 is 15.3 Å². The van der Waals surface area contributed by atoms with Gasteiger partial charge in [0, 0.05) is 5.92 Å². The zero-order valence-electron chi connectivity index (χ0n) is 20.5. The molecule has 1 unspecified atom stereocenters. The standard InChI is InChI=1S/C27H44O3.H3P/c1-18(8-9-19(2)26(3,4)30)24-12-13-25-21(7-6-14-27(24,25)5)11-10-20-15-22(28)17-23(29)16-20;/h8-11,18-19,22-25,28-30H,6-7,12-17H2,1-5H3;1H3/b9-8+,21-11+;/t18-,19+,22-,23-,24-,25+,27-;/m1./s1. The molecule has 3 rings (SSSR count). The Morgan fingerprint density at radius 2 is 1.68 bits per heavy atom. The summed E-state index contributed by atoms with van der Waals surface area (Å²) in [6, 6.07) is 0. The molecule has 3 nitrogen and oxygen atoms in total. The van der Waals surface area contributed by atoms with Gasteiger partial charge < -0.3 is 15.3 Å². The second-order valence-corrected chi connectivity index (χ2v) is 11.3. The number of allylic oxidation sites excluding steroid dienone is 4. The van der Waals surface area contributed by atoms with Crippen molar-refractivity contribution in [3.63, 3.8) is 0 Å². The zero-order chi connectivity index (χ0) is 22.1. The van der Waals surface area contributed by atoms with E-state index in [1.807, 2.05) is 13.8 Å². The fraction of sp³-hybridized carbons (Fsp3) is 0.778. The van der Waals surface area contributed by atoms with Crippen LogP contribution in [0.2, 0.25) is 0 Å². The molecule has 0 heterocycles. The fourth-order valence-electron chi connectivity index (χ4n) is 6.39. The lowest BCUT2D eigenvalue weighted by atomic mass is 9.61. The molecule has 0 aromatic carbocycles. The van der Waals surface area contributed by atoms with E-state index < -0.39 is 17.8 Å². The maximum Gasteiger partial charge on any atom is 0.0651 e. The highest BCUT2D eigenvalue weighted by Gasteiger charge is 2.50. The first-order chi connectivity index (χ1) is 14.0. The third-order valence-corrected chi connectivity index (χ3v) is 8.56. The lowest BCUT2D eigenvalue weighted by Gasteiger charge is -2.44. The molecule has 0 aromatic heterocycles. The van der Waals surface area contributed by atoms with E-state index in [1.165, 1.54) is 37.7 Å². The topological polar surface area (TPSA) is 60.7 Å². The number of rotatable bonds is 5. The summed E-state index contributed by atoms with van der Waals surface area (Å²) >= 11 is 0. The second kappa shape index (κ2) is 10.6. The highest BCUT2D eigenvalue weighted by Crippen LogP contribution is 2.59. The van der Waals surface area contributed by atoms with Crippen LogP contribution < -0.4 is 0 Å². The zero-order valence-corrected chi connectivity index (χ0v) is 21.9. The lowest BCUT2D eigenvalue weighted by molar-refractivity contribution is 0.0436. The van der Waals surface area contributed by atoms with Crippen molar-refractivity contribution in [3.05, 3.63) is 35.5 Å². The largest absolute Gasteiger partial charge is 0.393 e. The summed E-state index contributed by atoms with van der Waals surface area (Å²) in [6.45, 7) is 10.7. The first-order valence-electron chi connectivity index (χ1n) is 12.2. The smallest absolute Gasteiger partial charge is 0.0651 e. The molecule has 0 bridgehead atoms. The van der Waals surface area contributed by atoms with Gasteiger partial charge in [-0.25, -0.2) is 0 Å². The van der Waals surface area contributed by atoms with E-state index in [9.17, 15) is 15.3 Å². The summed E-state index contributed by atoms with van der Waals surface area (Å²) in [5, 5.41) is 30.2. The van der Waals surface area contributed by atoms with Gasteiger partial charge in [-0.1, -0.05) is 56.2 Å². The first-order valence-corrected chi connectivity index (χ1v) is 12.2. The SMILES string of the molecule is C[C@H](/C=C/[C@H](C)C(C)(C)O)[C@H]1CC[C@H]2/C(=C/C=C3C[C@@H](O)C[C@H](O)C3)CCC[C@]12C.P. The highest BCUT2D eigenvalue weighted by molar-refractivity contribution is 6.92. The van der Waals surface area contributed by atoms with Crippen LogP contribution in [-0.4, -0.2) is 33.1 Å². The van der Waals surface area contributed by atoms with Crippen molar-refractivity contribution in [1.82, 2.24) is 0 Å². The molecule has 31 heavy (non-hydrogen) atoms. The van der Waals surface area contributed by atoms with E-state index in [1.54, 1.807) is 5.57 Å². The Labute approximate surface area is 193 Å². The van der Waals surface area contributed by atoms with Crippen LogP contribution in [0.15, 0.2) is 35.5 Å². The van der Waals surface area contributed by atoms with Crippen LogP contribution in [0.5, 0.6) is 0 Å². The molecule has 0 saturated heterocycles. The van der Waals surface area contributed by atoms with Crippen LogP contribution in [0.3, 0.4) is 0 Å². The predicted octanol–water partition coefficient (Wildman–Crippen LogP) is 5.62. The number of aliphatic hydroxyl groups is 3. The summed E-state index contributed by atoms with van der Waals surface area (Å²) in [7, 11) is 0. The molecule has 0 aliphatic heterocycles. The van der Waals surface area contributed by atoms with Gasteiger partial charge in [0.05, 0.1) is 17.8 Å². The van der Waals surface area contributed by atoms with E-state index in [4.69, 9.17) is 0 Å². The molecule has 3 fully saturated rings. The maximum atomic E-state index is 10.2. The number of fused-ring (bicyclic) bond motifs is 1. The van der Waals surface area contributed by atoms with Crippen LogP contribution >= 0.6 is 9.90 Å². The number of aliphatic hydroxyl groups excluding tert-OH is 2. The van der Waals surface area contributed by atoms with Gasteiger partial charge >= 0.3 is 0 Å². The average Bonchev–Trinajstić information content (AvgIpc) is 3.00. The molecule has 0 radical (unpaired) electrons. The predicted molar refractivity (Wildman–Crippen MR) is 135 cm³/mol. The molecule has 178 valence electrons. The second-order valence-electron chi connectivity index (χ2n) is 11.3. The van der Waals surface area contributed by atoms with E-state index in [0.717, 1.165) is 0 Å². The summed E-state index contributed by atoms with van der Waals surface area (Å²) in [4.78, 5) is 0. The Morgan fingerprint density at radius 3 is 2.29 bits per heavy atom. The number of hydrogen-bond acceptors (Lipinski definition) is 3. The Kier molecular flexibility index (Phi) is 9.19. The highest BCUT2D eigenvalue weighted by atomic mass is 31.0. The average molecular weight is 451 g/mol. The van der Waals surface area contributed by atoms with E-state index in [0.29, 0.717) is 42.4 Å². The molecular weight excluding hydrogens is 403 g/mol. The summed E-state index contributed by atoms with van der Waals surface area (Å²) in [6.07, 6.45) is 16.5. The van der Waals surface area contributed by atoms with Gasteiger partial charge in [0.1, 0.15) is 0 Å². The molecule has 0 aromatic rings. The minimum atomic E-state index is -0.674. The molecule has 3 aliphatic carbocycles. The Hall–Kier alpha value is -0.470. The molecule has 4 heteroatoms. The quantitative estimate of drug-likeness (QED) is 0.376. The molecule has 0 spiro atoms. The molecule has 8 atom stereocenters. The normalized spacial score (nSPS) is 37.4. The van der Waals surface area contributed by atoms with E-state index >= 15 is 0 Å². The van der Waals surface area contributed by atoms with Gasteiger partial charge in [-0.2, -0.15) is 9.90 Å².